The Hall–Kier alpha value is -0.810. The van der Waals surface area contributed by atoms with Crippen LogP contribution in [0.4, 0.5) is 0 Å². The number of ether oxygens (including phenoxy) is 2. The maximum absolute atomic E-state index is 12.6. The number of carbonyl (C=O) groups is 1. The van der Waals surface area contributed by atoms with Crippen LogP contribution in [0.3, 0.4) is 0 Å². The van der Waals surface area contributed by atoms with Gasteiger partial charge < -0.3 is 19.7 Å². The van der Waals surface area contributed by atoms with Crippen LogP contribution in [-0.4, -0.2) is 101 Å². The molecule has 1 aliphatic rings. The van der Waals surface area contributed by atoms with Crippen LogP contribution in [0.5, 0.6) is 0 Å². The Morgan fingerprint density at radius 1 is 1.04 bits per heavy atom. The van der Waals surface area contributed by atoms with Crippen molar-refractivity contribution >= 4 is 5.78 Å². The SMILES string of the molecule is COOC[C@H]1O[C@@](OCC(O)CO)(C(C)=O)[C@H](OOC)[C@@H](OOC)[C@H]1OOC. The average Bonchev–Trinajstić information content (AvgIpc) is 2.68. The van der Waals surface area contributed by atoms with Crippen LogP contribution in [0.15, 0.2) is 0 Å². The molecule has 166 valence electrons. The molecule has 2 N–H and O–H groups in total. The quantitative estimate of drug-likeness (QED) is 0.249. The summed E-state index contributed by atoms with van der Waals surface area (Å²) >= 11 is 0. The van der Waals surface area contributed by atoms with E-state index in [9.17, 15) is 9.90 Å². The maximum Gasteiger partial charge on any atom is 0.262 e. The van der Waals surface area contributed by atoms with E-state index in [1.54, 1.807) is 0 Å². The third-order valence-corrected chi connectivity index (χ3v) is 3.85. The Labute approximate surface area is 161 Å². The molecule has 1 fully saturated rings. The van der Waals surface area contributed by atoms with Crippen molar-refractivity contribution in [3.8, 4) is 0 Å². The van der Waals surface area contributed by atoms with E-state index < -0.39 is 55.3 Å². The molecule has 0 aliphatic carbocycles. The summed E-state index contributed by atoms with van der Waals surface area (Å²) in [5.41, 5.74) is 0. The van der Waals surface area contributed by atoms with Gasteiger partial charge in [0.25, 0.3) is 5.79 Å². The van der Waals surface area contributed by atoms with Gasteiger partial charge >= 0.3 is 0 Å². The lowest BCUT2D eigenvalue weighted by molar-refractivity contribution is -0.485. The van der Waals surface area contributed by atoms with Crippen LogP contribution >= 0.6 is 0 Å². The summed E-state index contributed by atoms with van der Waals surface area (Å²) in [6.45, 7) is -0.123. The van der Waals surface area contributed by atoms with Crippen molar-refractivity contribution < 1.29 is 63.6 Å². The third kappa shape index (κ3) is 6.09. The third-order valence-electron chi connectivity index (χ3n) is 3.85. The van der Waals surface area contributed by atoms with Crippen LogP contribution < -0.4 is 0 Å². The molecule has 6 atom stereocenters. The Kier molecular flexibility index (Phi) is 11.4. The van der Waals surface area contributed by atoms with E-state index in [2.05, 4.69) is 4.89 Å². The van der Waals surface area contributed by atoms with Gasteiger partial charge in [0.1, 0.15) is 18.8 Å². The van der Waals surface area contributed by atoms with Gasteiger partial charge in [-0.05, 0) is 0 Å². The van der Waals surface area contributed by atoms with Crippen LogP contribution in [-0.2, 0) is 53.4 Å². The minimum atomic E-state index is -2.13. The average molecular weight is 416 g/mol. The van der Waals surface area contributed by atoms with Crippen molar-refractivity contribution in [2.45, 2.75) is 43.2 Å². The lowest BCUT2D eigenvalue weighted by atomic mass is 9.90. The summed E-state index contributed by atoms with van der Waals surface area (Å²) in [4.78, 5) is 51.9. The number of rotatable bonds is 14. The molecule has 0 bridgehead atoms. The van der Waals surface area contributed by atoms with Gasteiger partial charge in [0.2, 0.25) is 0 Å². The Morgan fingerprint density at radius 3 is 2.14 bits per heavy atom. The molecular formula is C15H28O13. The molecule has 0 aromatic rings. The van der Waals surface area contributed by atoms with E-state index in [1.807, 2.05) is 0 Å². The highest BCUT2D eigenvalue weighted by molar-refractivity contribution is 5.84. The number of carbonyl (C=O) groups excluding carboxylic acids is 1. The second-order valence-corrected chi connectivity index (χ2v) is 5.62. The highest BCUT2D eigenvalue weighted by Gasteiger charge is 2.62. The summed E-state index contributed by atoms with van der Waals surface area (Å²) in [7, 11) is 4.96. The van der Waals surface area contributed by atoms with Crippen LogP contribution in [0.2, 0.25) is 0 Å². The predicted molar refractivity (Wildman–Crippen MR) is 85.9 cm³/mol. The minimum Gasteiger partial charge on any atom is -0.394 e. The standard InChI is InChI=1S/C15H28O13/c1-9(17)15(23-7-10(18)6-16)14(28-22-5)13(27-21-4)12(26-20-3)11(25-15)8-24-19-2/h10-14,16,18H,6-8H2,1-5H3/t10?,11-,12+,13+,14-,15+/m1/s1. The molecule has 13 heteroatoms. The van der Waals surface area contributed by atoms with Crippen molar-refractivity contribution in [3.63, 3.8) is 0 Å². The molecule has 0 radical (unpaired) electrons. The first-order valence-corrected chi connectivity index (χ1v) is 8.27. The molecule has 1 heterocycles. The summed E-state index contributed by atoms with van der Waals surface area (Å²) in [5.74, 6) is -2.78. The summed E-state index contributed by atoms with van der Waals surface area (Å²) in [6, 6.07) is 0. The van der Waals surface area contributed by atoms with Crippen LogP contribution in [0.25, 0.3) is 0 Å². The zero-order valence-electron chi connectivity index (χ0n) is 16.4. The minimum absolute atomic E-state index is 0.227. The molecule has 0 saturated carbocycles. The van der Waals surface area contributed by atoms with Crippen LogP contribution in [0.1, 0.15) is 6.92 Å². The molecule has 1 rings (SSSR count). The number of hydrogen-bond acceptors (Lipinski definition) is 13. The zero-order chi connectivity index (χ0) is 21.2. The number of aliphatic hydroxyl groups is 2. The Morgan fingerprint density at radius 2 is 1.64 bits per heavy atom. The Bertz CT molecular complexity index is 450. The molecule has 28 heavy (non-hydrogen) atoms. The first kappa shape index (κ1) is 25.2. The number of Topliss-reactive ketones (excluding diaryl/α,β-unsaturated/α-hetero) is 1. The second kappa shape index (κ2) is 12.7. The lowest BCUT2D eigenvalue weighted by Crippen LogP contribution is -2.70. The molecule has 0 aromatic carbocycles. The summed E-state index contributed by atoms with van der Waals surface area (Å²) in [5, 5.41) is 18.7. The first-order chi connectivity index (χ1) is 13.4. The van der Waals surface area contributed by atoms with Crippen molar-refractivity contribution in [1.29, 1.82) is 0 Å². The fourth-order valence-electron chi connectivity index (χ4n) is 2.66. The van der Waals surface area contributed by atoms with Crippen molar-refractivity contribution in [2.24, 2.45) is 0 Å². The van der Waals surface area contributed by atoms with Gasteiger partial charge in [-0.25, -0.2) is 39.1 Å². The van der Waals surface area contributed by atoms with Crippen molar-refractivity contribution in [2.75, 3.05) is 48.3 Å². The molecular weight excluding hydrogens is 388 g/mol. The molecule has 0 spiro atoms. The normalized spacial score (nSPS) is 31.7. The first-order valence-electron chi connectivity index (χ1n) is 8.27. The number of ketones is 1. The summed E-state index contributed by atoms with van der Waals surface area (Å²) in [6.07, 6.45) is -5.93. The number of hydrogen-bond donors (Lipinski definition) is 2. The van der Waals surface area contributed by atoms with Gasteiger partial charge in [-0.2, -0.15) is 0 Å². The van der Waals surface area contributed by atoms with Gasteiger partial charge in [-0.3, -0.25) is 4.79 Å². The molecule has 1 unspecified atom stereocenters. The fourth-order valence-corrected chi connectivity index (χ4v) is 2.66. The lowest BCUT2D eigenvalue weighted by Gasteiger charge is -2.48. The second-order valence-electron chi connectivity index (χ2n) is 5.62. The molecule has 1 saturated heterocycles. The van der Waals surface area contributed by atoms with Gasteiger partial charge in [-0.15, -0.1) is 0 Å². The highest BCUT2D eigenvalue weighted by atomic mass is 17.2. The predicted octanol–water partition coefficient (Wildman–Crippen LogP) is -1.54. The van der Waals surface area contributed by atoms with E-state index in [-0.39, 0.29) is 6.61 Å². The van der Waals surface area contributed by atoms with E-state index in [4.69, 9.17) is 48.8 Å². The van der Waals surface area contributed by atoms with Gasteiger partial charge in [0, 0.05) is 6.92 Å². The zero-order valence-corrected chi connectivity index (χ0v) is 16.4. The topological polar surface area (TPSA) is 150 Å². The maximum atomic E-state index is 12.6. The molecule has 0 amide bonds. The smallest absolute Gasteiger partial charge is 0.262 e. The highest BCUT2D eigenvalue weighted by Crippen LogP contribution is 2.37. The van der Waals surface area contributed by atoms with Gasteiger partial charge in [0.05, 0.1) is 41.7 Å². The van der Waals surface area contributed by atoms with E-state index in [1.165, 1.54) is 35.4 Å². The number of aliphatic hydroxyl groups excluding tert-OH is 2. The van der Waals surface area contributed by atoms with Crippen LogP contribution in [0, 0.1) is 0 Å². The van der Waals surface area contributed by atoms with Gasteiger partial charge in [0.15, 0.2) is 24.1 Å². The Balaban J connectivity index is 3.35. The van der Waals surface area contributed by atoms with E-state index >= 15 is 0 Å². The molecule has 1 aliphatic heterocycles. The molecule has 0 aromatic heterocycles. The van der Waals surface area contributed by atoms with Crippen molar-refractivity contribution in [3.05, 3.63) is 0 Å². The van der Waals surface area contributed by atoms with Crippen molar-refractivity contribution in [1.82, 2.24) is 0 Å². The van der Waals surface area contributed by atoms with E-state index in [0.717, 1.165) is 0 Å². The largest absolute Gasteiger partial charge is 0.394 e. The monoisotopic (exact) mass is 416 g/mol. The van der Waals surface area contributed by atoms with E-state index in [0.29, 0.717) is 0 Å². The fraction of sp³-hybridized carbons (Fsp3) is 0.933. The molecule has 13 nitrogen and oxygen atoms in total. The van der Waals surface area contributed by atoms with Gasteiger partial charge in [-0.1, -0.05) is 0 Å². The summed E-state index contributed by atoms with van der Waals surface area (Å²) < 4.78 is 11.4.